The Bertz CT molecular complexity index is 740. The van der Waals surface area contributed by atoms with E-state index < -0.39 is 0 Å². The summed E-state index contributed by atoms with van der Waals surface area (Å²) in [7, 11) is 0. The first-order chi connectivity index (χ1) is 11.3. The molecule has 0 unspecified atom stereocenters. The van der Waals surface area contributed by atoms with Gasteiger partial charge in [0.25, 0.3) is 0 Å². The highest BCUT2D eigenvalue weighted by Gasteiger charge is 2.13. The van der Waals surface area contributed by atoms with Crippen molar-refractivity contribution in [2.24, 2.45) is 0 Å². The molecule has 0 saturated heterocycles. The summed E-state index contributed by atoms with van der Waals surface area (Å²) < 4.78 is 0. The molecule has 3 aromatic carbocycles. The van der Waals surface area contributed by atoms with E-state index in [-0.39, 0.29) is 0 Å². The first-order valence-corrected chi connectivity index (χ1v) is 7.61. The highest BCUT2D eigenvalue weighted by Crippen LogP contribution is 2.15. The molecule has 0 aliphatic carbocycles. The minimum Gasteiger partial charge on any atom is -0.283 e. The molecule has 0 spiro atoms. The van der Waals surface area contributed by atoms with E-state index >= 15 is 0 Å². The molecule has 0 saturated carbocycles. The molecular formula is C20H19N3. The number of rotatable bonds is 5. The van der Waals surface area contributed by atoms with Crippen LogP contribution in [0.15, 0.2) is 91.0 Å². The molecule has 0 bridgehead atoms. The van der Waals surface area contributed by atoms with E-state index in [1.54, 1.807) is 0 Å². The van der Waals surface area contributed by atoms with Crippen LogP contribution in [0, 0.1) is 5.41 Å². The molecule has 3 heteroatoms. The molecular weight excluding hydrogens is 282 g/mol. The van der Waals surface area contributed by atoms with Crippen LogP contribution in [0.5, 0.6) is 0 Å². The summed E-state index contributed by atoms with van der Waals surface area (Å²) in [4.78, 5) is 0. The lowest BCUT2D eigenvalue weighted by molar-refractivity contribution is 0.720. The number of hydrogen-bond donors (Lipinski definition) is 2. The van der Waals surface area contributed by atoms with Gasteiger partial charge in [0, 0.05) is 12.1 Å². The van der Waals surface area contributed by atoms with Crippen molar-refractivity contribution in [3.63, 3.8) is 0 Å². The van der Waals surface area contributed by atoms with E-state index in [4.69, 9.17) is 5.41 Å². The minimum absolute atomic E-state index is 0.424. The molecule has 0 aromatic heterocycles. The Labute approximate surface area is 136 Å². The minimum atomic E-state index is 0.424. The zero-order valence-electron chi connectivity index (χ0n) is 12.8. The summed E-state index contributed by atoms with van der Waals surface area (Å²) in [6.45, 7) is 0.658. The molecule has 3 aromatic rings. The zero-order valence-corrected chi connectivity index (χ0v) is 12.8. The second kappa shape index (κ2) is 7.38. The summed E-state index contributed by atoms with van der Waals surface area (Å²) in [6.07, 6.45) is 0. The maximum Gasteiger partial charge on any atom is 0.147 e. The Morgan fingerprint density at radius 2 is 1.26 bits per heavy atom. The van der Waals surface area contributed by atoms with Gasteiger partial charge < -0.3 is 0 Å². The molecule has 0 aliphatic rings. The quantitative estimate of drug-likeness (QED) is 0.421. The van der Waals surface area contributed by atoms with Crippen LogP contribution in [-0.4, -0.2) is 5.84 Å². The normalized spacial score (nSPS) is 10.3. The van der Waals surface area contributed by atoms with E-state index in [1.165, 1.54) is 5.56 Å². The molecule has 2 N–H and O–H groups in total. The third-order valence-electron chi connectivity index (χ3n) is 3.57. The largest absolute Gasteiger partial charge is 0.283 e. The summed E-state index contributed by atoms with van der Waals surface area (Å²) in [5, 5.41) is 10.4. The van der Waals surface area contributed by atoms with Crippen molar-refractivity contribution in [1.29, 1.82) is 5.41 Å². The van der Waals surface area contributed by atoms with Crippen molar-refractivity contribution in [2.45, 2.75) is 6.54 Å². The lowest BCUT2D eigenvalue weighted by Gasteiger charge is -2.26. The fourth-order valence-corrected chi connectivity index (χ4v) is 2.37. The van der Waals surface area contributed by atoms with Crippen molar-refractivity contribution in [2.75, 3.05) is 5.01 Å². The van der Waals surface area contributed by atoms with Crippen molar-refractivity contribution in [3.05, 3.63) is 102 Å². The van der Waals surface area contributed by atoms with Gasteiger partial charge >= 0.3 is 0 Å². The molecule has 0 atom stereocenters. The fraction of sp³-hybridized carbons (Fsp3) is 0.0500. The predicted octanol–water partition coefficient (Wildman–Crippen LogP) is 4.22. The van der Waals surface area contributed by atoms with Gasteiger partial charge in [0.15, 0.2) is 0 Å². The Hall–Kier alpha value is -2.91. The molecule has 114 valence electrons. The van der Waals surface area contributed by atoms with E-state index in [9.17, 15) is 0 Å². The van der Waals surface area contributed by atoms with Gasteiger partial charge in [-0.3, -0.25) is 10.4 Å². The highest BCUT2D eigenvalue weighted by atomic mass is 15.5. The molecule has 23 heavy (non-hydrogen) atoms. The third-order valence-corrected chi connectivity index (χ3v) is 3.57. The van der Waals surface area contributed by atoms with Crippen LogP contribution in [0.3, 0.4) is 0 Å². The number of amidine groups is 1. The molecule has 0 amide bonds. The molecule has 0 aliphatic heterocycles. The van der Waals surface area contributed by atoms with Crippen molar-refractivity contribution in [1.82, 2.24) is 5.43 Å². The molecule has 3 nitrogen and oxygen atoms in total. The fourth-order valence-electron chi connectivity index (χ4n) is 2.37. The Kier molecular flexibility index (Phi) is 4.82. The maximum atomic E-state index is 8.55. The van der Waals surface area contributed by atoms with Crippen LogP contribution in [0.1, 0.15) is 11.1 Å². The topological polar surface area (TPSA) is 39.1 Å². The van der Waals surface area contributed by atoms with Crippen molar-refractivity contribution >= 4 is 11.5 Å². The average molecular weight is 301 g/mol. The SMILES string of the molecule is N=C(c1ccccc1)N(NCc1ccccc1)c1ccccc1. The van der Waals surface area contributed by atoms with E-state index in [0.29, 0.717) is 12.4 Å². The zero-order chi connectivity index (χ0) is 15.9. The van der Waals surface area contributed by atoms with Crippen LogP contribution in [0.2, 0.25) is 0 Å². The molecule has 0 fully saturated rings. The van der Waals surface area contributed by atoms with Crippen molar-refractivity contribution < 1.29 is 0 Å². The Morgan fingerprint density at radius 3 is 1.87 bits per heavy atom. The van der Waals surface area contributed by atoms with E-state index in [0.717, 1.165) is 11.3 Å². The first kappa shape index (κ1) is 15.0. The Balaban J connectivity index is 1.84. The highest BCUT2D eigenvalue weighted by molar-refractivity contribution is 6.07. The molecule has 0 radical (unpaired) electrons. The van der Waals surface area contributed by atoms with E-state index in [1.807, 2.05) is 83.9 Å². The average Bonchev–Trinajstić information content (AvgIpc) is 2.64. The number of para-hydroxylation sites is 1. The van der Waals surface area contributed by atoms with Gasteiger partial charge in [-0.1, -0.05) is 78.9 Å². The second-order valence-corrected chi connectivity index (χ2v) is 5.21. The third kappa shape index (κ3) is 3.84. The number of nitrogens with zero attached hydrogens (tertiary/aromatic N) is 1. The van der Waals surface area contributed by atoms with Gasteiger partial charge in [-0.15, -0.1) is 0 Å². The standard InChI is InChI=1S/C20H19N3/c21-20(18-12-6-2-7-13-18)23(19-14-8-3-9-15-19)22-16-17-10-4-1-5-11-17/h1-15,21-22H,16H2. The van der Waals surface area contributed by atoms with Gasteiger partial charge in [0.2, 0.25) is 0 Å². The molecule has 0 heterocycles. The monoisotopic (exact) mass is 301 g/mol. The van der Waals surface area contributed by atoms with Gasteiger partial charge in [0.1, 0.15) is 5.84 Å². The summed E-state index contributed by atoms with van der Waals surface area (Å²) in [5.74, 6) is 0.424. The Morgan fingerprint density at radius 1 is 0.739 bits per heavy atom. The number of anilines is 1. The van der Waals surface area contributed by atoms with E-state index in [2.05, 4.69) is 17.6 Å². The summed E-state index contributed by atoms with van der Waals surface area (Å²) in [5.41, 5.74) is 6.35. The smallest absolute Gasteiger partial charge is 0.147 e. The van der Waals surface area contributed by atoms with Crippen LogP contribution >= 0.6 is 0 Å². The van der Waals surface area contributed by atoms with Gasteiger partial charge in [-0.25, -0.2) is 5.43 Å². The number of hydrogen-bond acceptors (Lipinski definition) is 2. The summed E-state index contributed by atoms with van der Waals surface area (Å²) in [6, 6.07) is 29.9. The molecule has 3 rings (SSSR count). The van der Waals surface area contributed by atoms with Crippen LogP contribution in [0.4, 0.5) is 5.69 Å². The second-order valence-electron chi connectivity index (χ2n) is 5.21. The van der Waals surface area contributed by atoms with Crippen LogP contribution in [-0.2, 0) is 6.54 Å². The summed E-state index contributed by atoms with van der Waals surface area (Å²) >= 11 is 0. The number of benzene rings is 3. The van der Waals surface area contributed by atoms with Crippen LogP contribution < -0.4 is 10.4 Å². The number of nitrogens with one attached hydrogen (secondary N) is 2. The lowest BCUT2D eigenvalue weighted by atomic mass is 10.2. The predicted molar refractivity (Wildman–Crippen MR) is 95.5 cm³/mol. The lowest BCUT2D eigenvalue weighted by Crippen LogP contribution is -2.42. The van der Waals surface area contributed by atoms with Gasteiger partial charge in [-0.2, -0.15) is 0 Å². The van der Waals surface area contributed by atoms with Gasteiger partial charge in [0.05, 0.1) is 5.69 Å². The van der Waals surface area contributed by atoms with Gasteiger partial charge in [-0.05, 0) is 17.7 Å². The van der Waals surface area contributed by atoms with Crippen molar-refractivity contribution in [3.8, 4) is 0 Å². The van der Waals surface area contributed by atoms with Crippen LogP contribution in [0.25, 0.3) is 0 Å². The maximum absolute atomic E-state index is 8.55. The first-order valence-electron chi connectivity index (χ1n) is 7.61. The number of hydrazine groups is 1.